The van der Waals surface area contributed by atoms with Crippen molar-refractivity contribution in [3.8, 4) is 0 Å². The van der Waals surface area contributed by atoms with Crippen LogP contribution in [-0.2, 0) is 29.9 Å². The highest BCUT2D eigenvalue weighted by molar-refractivity contribution is 7.71. The molecule has 33 rings (SSSR count). The predicted octanol–water partition coefficient (Wildman–Crippen LogP) is 16.3. The molecule has 5 aliphatic rings. The Morgan fingerprint density at radius 2 is 0.412 bits per heavy atom. The van der Waals surface area contributed by atoms with Gasteiger partial charge in [-0.15, -0.1) is 0 Å². The molecule has 2 spiro atoms. The lowest BCUT2D eigenvalue weighted by atomic mass is 9.68. The number of benzene rings is 18. The summed E-state index contributed by atoms with van der Waals surface area (Å²) in [6.45, 7) is 0. The maximum absolute atomic E-state index is 17.7. The van der Waals surface area contributed by atoms with E-state index in [1.807, 2.05) is 0 Å². The quantitative estimate of drug-likeness (QED) is 0.0934. The Morgan fingerprint density at radius 1 is 0.263 bits per heavy atom. The van der Waals surface area contributed by atoms with Crippen LogP contribution in [0.3, 0.4) is 0 Å². The van der Waals surface area contributed by atoms with Crippen LogP contribution >= 0.6 is 7.34 Å². The number of carbonyl (C=O) groups is 2. The maximum Gasteiger partial charge on any atom is 0.338 e. The average Bonchev–Trinajstić information content (AvgIpc) is 1.36. The molecule has 80 heavy (non-hydrogen) atoms. The van der Waals surface area contributed by atoms with Crippen LogP contribution in [-0.4, -0.2) is 87.7 Å². The van der Waals surface area contributed by atoms with Crippen LogP contribution < -0.4 is 0 Å². The van der Waals surface area contributed by atoms with Gasteiger partial charge in [0, 0.05) is 0 Å². The Labute approximate surface area is 441 Å². The summed E-state index contributed by atoms with van der Waals surface area (Å²) in [5.41, 5.74) is 1.62. The number of hydrogen-bond donors (Lipinski definition) is 0. The highest BCUT2D eigenvalue weighted by atomic mass is 31.2. The van der Waals surface area contributed by atoms with Gasteiger partial charge in [-0.05, 0) is 355 Å². The summed E-state index contributed by atoms with van der Waals surface area (Å²) < 4.78 is 20.1. The van der Waals surface area contributed by atoms with Crippen molar-refractivity contribution >= 4 is 315 Å². The van der Waals surface area contributed by atoms with Gasteiger partial charge in [0.15, 0.2) is 0 Å². The predicted molar refractivity (Wildman–Crippen MR) is 333 cm³/mol. The fourth-order valence-corrected chi connectivity index (χ4v) is 32.3. The summed E-state index contributed by atoms with van der Waals surface area (Å²) in [4.78, 5) is 34.4. The summed E-state index contributed by atoms with van der Waals surface area (Å²) in [5, 5.41) is 81.0. The molecule has 0 bridgehead atoms. The largest absolute Gasteiger partial charge is 0.468 e. The van der Waals surface area contributed by atoms with E-state index in [1.54, 1.807) is 89.6 Å². The molecule has 0 aromatic heterocycles. The smallest absolute Gasteiger partial charge is 0.338 e. The van der Waals surface area contributed by atoms with Crippen molar-refractivity contribution in [1.29, 1.82) is 0 Å². The Morgan fingerprint density at radius 3 is 0.537 bits per heavy atom. The molecule has 0 N–H and O–H groups in total. The van der Waals surface area contributed by atoms with Gasteiger partial charge in [-0.2, -0.15) is 0 Å². The van der Waals surface area contributed by atoms with Crippen molar-refractivity contribution in [3.63, 3.8) is 0 Å². The Balaban J connectivity index is 1.12. The molecule has 0 aliphatic heterocycles. The number of hydrogen-bond acceptors (Lipinski definition) is 7. The number of carbonyl (C=O) groups excluding carboxylic acids is 2. The zero-order chi connectivity index (χ0) is 50.4. The normalized spacial score (nSPS) is 23.1. The second-order valence-corrected chi connectivity index (χ2v) is 32.4. The topological polar surface area (TPSA) is 62.3 Å². The number of ether oxygens (including phenoxy) is 2. The maximum atomic E-state index is 17.7. The molecule has 28 aromatic carbocycles. The van der Waals surface area contributed by atoms with E-state index >= 15 is 9.59 Å². The number of nitrogens with zero attached hydrogens (tertiary/aromatic N) is 3. The molecule has 5 aliphatic carbocycles. The van der Waals surface area contributed by atoms with Gasteiger partial charge >= 0.3 is 11.9 Å². The van der Waals surface area contributed by atoms with Gasteiger partial charge in [-0.25, -0.2) is 4.79 Å². The zero-order valence-corrected chi connectivity index (χ0v) is 44.3. The van der Waals surface area contributed by atoms with Crippen molar-refractivity contribution in [2.75, 3.05) is 56.5 Å². The van der Waals surface area contributed by atoms with Gasteiger partial charge in [0.1, 0.15) is 5.41 Å². The minimum Gasteiger partial charge on any atom is -0.468 e. The van der Waals surface area contributed by atoms with Crippen molar-refractivity contribution in [2.24, 2.45) is 5.41 Å². The fraction of sp³-hybridized carbons (Fsp3) is 0.153. The number of rotatable bonds is 6. The van der Waals surface area contributed by atoms with Crippen molar-refractivity contribution in [3.05, 3.63) is 22.3 Å². The van der Waals surface area contributed by atoms with E-state index < -0.39 is 29.6 Å². The molecule has 0 heterocycles. The third-order valence-corrected chi connectivity index (χ3v) is 32.0. The first-order chi connectivity index (χ1) is 39.2. The standard InChI is InChI=1S/C72H24N3O4P/c1-73(2)80(74(3)4,75(5)6)67(68(76)78-7)72(69(77)79-8)70-63-55-47-37-27-19-11-9-10-13-17-15(11)23-31-25(17)35-29-21(13)22-14(10)18-16-12(9)20(19)28-34-24(16)32-26(18)36-30(22)40-39(29)49-43(35)53-45(31)51(41(47)33(23)27)59(63)61(53)65-57(49)58-50(40)44(36)54-46(32)52-42(34)48(38(28)37)56(55)64(70)60(52)62(54)66(58)71(65,70)72/h1-8H3. The summed E-state index contributed by atoms with van der Waals surface area (Å²) in [5.74, 6) is -0.709. The van der Waals surface area contributed by atoms with Gasteiger partial charge in [-0.3, -0.25) is 18.8 Å². The van der Waals surface area contributed by atoms with E-state index in [4.69, 9.17) is 9.47 Å². The molecule has 1 fully saturated rings. The average molecular weight is 1030 g/mol. The van der Waals surface area contributed by atoms with Gasteiger partial charge in [-0.1, -0.05) is 0 Å². The van der Waals surface area contributed by atoms with Crippen LogP contribution in [0.25, 0.3) is 291 Å². The molecule has 28 aromatic rings. The Hall–Kier alpha value is -8.42. The van der Waals surface area contributed by atoms with E-state index in [1.165, 1.54) is 238 Å². The molecule has 8 heteroatoms. The molecular weight excluding hydrogens is 1000 g/mol. The third-order valence-electron chi connectivity index (χ3n) is 27.6. The van der Waals surface area contributed by atoms with E-state index in [2.05, 4.69) is 56.3 Å². The van der Waals surface area contributed by atoms with Crippen molar-refractivity contribution in [2.45, 2.75) is 10.8 Å². The SMILES string of the molecule is COC(=O)C(C1(C(=O)OC)C23c4c5c6c7c8c9c(c%10c%11c2c2c4c4c%12c5c5c6c6c8c8c%13c9c9c%10c%10c%11c%11c2c2c4c4c%12c%12c5c5c6c8c6c8c%13c9c9c%10c%10c%11c2c2c4c4c%12c5c6c5c8c9c%10c2c45)C713)=P(N(C)C)(N(C)C)N(C)C. The van der Waals surface area contributed by atoms with Crippen LogP contribution in [0.4, 0.5) is 0 Å². The minimum absolute atomic E-state index is 0.303. The van der Waals surface area contributed by atoms with Crippen LogP contribution in [0, 0.1) is 5.41 Å². The molecule has 0 atom stereocenters. The van der Waals surface area contributed by atoms with Crippen LogP contribution in [0.2, 0.25) is 0 Å². The first-order valence-electron chi connectivity index (χ1n) is 28.9. The highest BCUT2D eigenvalue weighted by Crippen LogP contribution is 2.97. The zero-order valence-electron chi connectivity index (χ0n) is 43.4. The summed E-state index contributed by atoms with van der Waals surface area (Å²) in [6, 6.07) is 0. The minimum atomic E-state index is -3.20. The molecule has 1 saturated carbocycles. The second-order valence-electron chi connectivity index (χ2n) is 28.4. The molecule has 356 valence electrons. The molecule has 0 unspecified atom stereocenters. The lowest BCUT2D eigenvalue weighted by molar-refractivity contribution is -0.146. The molecule has 0 saturated heterocycles. The van der Waals surface area contributed by atoms with Crippen molar-refractivity contribution in [1.82, 2.24) is 14.0 Å². The van der Waals surface area contributed by atoms with Crippen LogP contribution in [0.1, 0.15) is 22.3 Å². The molecule has 0 amide bonds. The lowest BCUT2D eigenvalue weighted by Crippen LogP contribution is -2.47. The van der Waals surface area contributed by atoms with E-state index in [0.717, 1.165) is 0 Å². The van der Waals surface area contributed by atoms with Gasteiger partial charge in [0.2, 0.25) is 0 Å². The van der Waals surface area contributed by atoms with Crippen LogP contribution in [0.15, 0.2) is 0 Å². The van der Waals surface area contributed by atoms with E-state index in [9.17, 15) is 0 Å². The number of methoxy groups -OCH3 is 2. The summed E-state index contributed by atoms with van der Waals surface area (Å²) in [7, 11) is 12.8. The summed E-state index contributed by atoms with van der Waals surface area (Å²) >= 11 is 0. The first kappa shape index (κ1) is 33.9. The second kappa shape index (κ2) is 7.78. The Bertz CT molecular complexity index is 7170. The Kier molecular flexibility index (Phi) is 3.30. The molecule has 0 radical (unpaired) electrons. The third kappa shape index (κ3) is 1.82. The number of esters is 2. The fourth-order valence-electron chi connectivity index (χ4n) is 27.7. The van der Waals surface area contributed by atoms with Crippen molar-refractivity contribution < 1.29 is 19.1 Å². The summed E-state index contributed by atoms with van der Waals surface area (Å²) in [6.07, 6.45) is 0. The van der Waals surface area contributed by atoms with E-state index in [-0.39, 0.29) is 5.97 Å². The van der Waals surface area contributed by atoms with Gasteiger partial charge in [0.25, 0.3) is 0 Å². The highest BCUT2D eigenvalue weighted by Gasteiger charge is 3.00. The molecular formula is C72H24N3O4P. The monoisotopic (exact) mass is 1030 g/mol. The molecule has 7 nitrogen and oxygen atoms in total. The van der Waals surface area contributed by atoms with Gasteiger partial charge in [0.05, 0.1) is 37.7 Å². The first-order valence-corrected chi connectivity index (χ1v) is 30.5. The van der Waals surface area contributed by atoms with E-state index in [0.29, 0.717) is 5.29 Å². The van der Waals surface area contributed by atoms with Crippen LogP contribution in [0.5, 0.6) is 0 Å². The van der Waals surface area contributed by atoms with Gasteiger partial charge < -0.3 is 9.47 Å². The lowest BCUT2D eigenvalue weighted by Gasteiger charge is -2.46.